The SMILES string of the molecule is OC(c1csc(Br)c1)C1CCc2cccnc21. The van der Waals surface area contributed by atoms with Crippen LogP contribution in [0.25, 0.3) is 0 Å². The molecule has 1 aliphatic carbocycles. The molecule has 0 amide bonds. The van der Waals surface area contributed by atoms with E-state index in [2.05, 4.69) is 27.0 Å². The first-order chi connectivity index (χ1) is 8.25. The highest BCUT2D eigenvalue weighted by molar-refractivity contribution is 9.11. The molecule has 0 spiro atoms. The van der Waals surface area contributed by atoms with Gasteiger partial charge in [-0.1, -0.05) is 6.07 Å². The van der Waals surface area contributed by atoms with Crippen molar-refractivity contribution in [3.05, 3.63) is 50.4 Å². The predicted molar refractivity (Wildman–Crippen MR) is 72.3 cm³/mol. The molecule has 2 nitrogen and oxygen atoms in total. The van der Waals surface area contributed by atoms with Crippen LogP contribution in [0.15, 0.2) is 33.6 Å². The molecule has 0 aliphatic heterocycles. The summed E-state index contributed by atoms with van der Waals surface area (Å²) in [5.74, 6) is 0.146. The van der Waals surface area contributed by atoms with Gasteiger partial charge in [0.25, 0.3) is 0 Å². The Kier molecular flexibility index (Phi) is 3.03. The number of pyridine rings is 1. The van der Waals surface area contributed by atoms with Crippen LogP contribution in [0.4, 0.5) is 0 Å². The maximum absolute atomic E-state index is 10.4. The Bertz CT molecular complexity index is 540. The van der Waals surface area contributed by atoms with Gasteiger partial charge in [-0.3, -0.25) is 4.98 Å². The monoisotopic (exact) mass is 309 g/mol. The first-order valence-corrected chi connectivity index (χ1v) is 7.29. The van der Waals surface area contributed by atoms with E-state index in [1.165, 1.54) is 5.56 Å². The van der Waals surface area contributed by atoms with Crippen LogP contribution < -0.4 is 0 Å². The number of aromatic nitrogens is 1. The van der Waals surface area contributed by atoms with E-state index in [4.69, 9.17) is 0 Å². The zero-order chi connectivity index (χ0) is 11.8. The molecule has 2 heterocycles. The number of hydrogen-bond acceptors (Lipinski definition) is 3. The Morgan fingerprint density at radius 2 is 2.41 bits per heavy atom. The molecule has 3 rings (SSSR count). The van der Waals surface area contributed by atoms with Gasteiger partial charge in [0.1, 0.15) is 0 Å². The molecule has 2 aromatic rings. The molecular formula is C13H12BrNOS. The molecular weight excluding hydrogens is 298 g/mol. The summed E-state index contributed by atoms with van der Waals surface area (Å²) in [6, 6.07) is 6.07. The van der Waals surface area contributed by atoms with Crippen LogP contribution in [-0.2, 0) is 6.42 Å². The molecule has 0 radical (unpaired) electrons. The van der Waals surface area contributed by atoms with Crippen LogP contribution in [0.2, 0.25) is 0 Å². The fourth-order valence-corrected chi connectivity index (χ4v) is 3.67. The Labute approximate surface area is 112 Å². The van der Waals surface area contributed by atoms with Gasteiger partial charge >= 0.3 is 0 Å². The highest BCUT2D eigenvalue weighted by atomic mass is 79.9. The fraction of sp³-hybridized carbons (Fsp3) is 0.308. The Morgan fingerprint density at radius 3 is 3.18 bits per heavy atom. The van der Waals surface area contributed by atoms with Crippen molar-refractivity contribution in [2.24, 2.45) is 0 Å². The van der Waals surface area contributed by atoms with E-state index in [1.807, 2.05) is 23.7 Å². The standard InChI is InChI=1S/C13H12BrNOS/c14-11-6-9(7-17-11)13(16)10-4-3-8-2-1-5-15-12(8)10/h1-2,5-7,10,13,16H,3-4H2. The van der Waals surface area contributed by atoms with Crippen molar-refractivity contribution in [2.45, 2.75) is 24.9 Å². The van der Waals surface area contributed by atoms with E-state index in [0.29, 0.717) is 0 Å². The van der Waals surface area contributed by atoms with Gasteiger partial charge in [-0.2, -0.15) is 0 Å². The van der Waals surface area contributed by atoms with E-state index in [-0.39, 0.29) is 5.92 Å². The summed E-state index contributed by atoms with van der Waals surface area (Å²) in [6.45, 7) is 0. The first-order valence-electron chi connectivity index (χ1n) is 5.61. The normalized spacial score (nSPS) is 20.2. The van der Waals surface area contributed by atoms with Crippen LogP contribution in [-0.4, -0.2) is 10.1 Å². The van der Waals surface area contributed by atoms with Gasteiger partial charge in [-0.05, 0) is 57.4 Å². The minimum absolute atomic E-state index is 0.146. The van der Waals surface area contributed by atoms with Gasteiger partial charge in [0.15, 0.2) is 0 Å². The van der Waals surface area contributed by atoms with Crippen molar-refractivity contribution in [1.82, 2.24) is 4.98 Å². The zero-order valence-corrected chi connectivity index (χ0v) is 11.5. The number of thiophene rings is 1. The van der Waals surface area contributed by atoms with Crippen molar-refractivity contribution < 1.29 is 5.11 Å². The van der Waals surface area contributed by atoms with Gasteiger partial charge < -0.3 is 5.11 Å². The summed E-state index contributed by atoms with van der Waals surface area (Å²) in [6.07, 6.45) is 3.39. The Hall–Kier alpha value is -0.710. The Balaban J connectivity index is 1.92. The van der Waals surface area contributed by atoms with Crippen molar-refractivity contribution in [1.29, 1.82) is 0 Å². The maximum atomic E-state index is 10.4. The van der Waals surface area contributed by atoms with E-state index in [0.717, 1.165) is 27.9 Å². The molecule has 0 saturated carbocycles. The van der Waals surface area contributed by atoms with Crippen molar-refractivity contribution in [3.63, 3.8) is 0 Å². The average molecular weight is 310 g/mol. The number of halogens is 1. The third-order valence-corrected chi connectivity index (χ3v) is 4.84. The summed E-state index contributed by atoms with van der Waals surface area (Å²) in [5, 5.41) is 12.4. The molecule has 1 aliphatic rings. The van der Waals surface area contributed by atoms with Gasteiger partial charge in [0.2, 0.25) is 0 Å². The molecule has 0 fully saturated rings. The van der Waals surface area contributed by atoms with Crippen LogP contribution in [0.1, 0.15) is 35.3 Å². The van der Waals surface area contributed by atoms with Gasteiger partial charge in [0, 0.05) is 17.8 Å². The van der Waals surface area contributed by atoms with E-state index in [9.17, 15) is 5.11 Å². The van der Waals surface area contributed by atoms with Crippen molar-refractivity contribution in [3.8, 4) is 0 Å². The lowest BCUT2D eigenvalue weighted by Crippen LogP contribution is -2.08. The molecule has 4 heteroatoms. The number of hydrogen-bond donors (Lipinski definition) is 1. The molecule has 0 bridgehead atoms. The third-order valence-electron chi connectivity index (χ3n) is 3.31. The number of fused-ring (bicyclic) bond motifs is 1. The molecule has 2 atom stereocenters. The minimum Gasteiger partial charge on any atom is -0.388 e. The molecule has 0 aromatic carbocycles. The molecule has 17 heavy (non-hydrogen) atoms. The second-order valence-electron chi connectivity index (χ2n) is 4.32. The highest BCUT2D eigenvalue weighted by Gasteiger charge is 2.30. The largest absolute Gasteiger partial charge is 0.388 e. The van der Waals surface area contributed by atoms with Crippen LogP contribution in [0.3, 0.4) is 0 Å². The quantitative estimate of drug-likeness (QED) is 0.918. The van der Waals surface area contributed by atoms with E-state index >= 15 is 0 Å². The van der Waals surface area contributed by atoms with Crippen LogP contribution >= 0.6 is 27.3 Å². The predicted octanol–water partition coefficient (Wildman–Crippen LogP) is 3.67. The second kappa shape index (κ2) is 4.52. The smallest absolute Gasteiger partial charge is 0.0882 e. The lowest BCUT2D eigenvalue weighted by atomic mass is 9.95. The minimum atomic E-state index is -0.436. The average Bonchev–Trinajstić information content (AvgIpc) is 2.94. The van der Waals surface area contributed by atoms with E-state index < -0.39 is 6.10 Å². The molecule has 2 unspecified atom stereocenters. The molecule has 0 saturated heterocycles. The highest BCUT2D eigenvalue weighted by Crippen LogP contribution is 2.41. The third kappa shape index (κ3) is 2.05. The summed E-state index contributed by atoms with van der Waals surface area (Å²) < 4.78 is 1.06. The lowest BCUT2D eigenvalue weighted by molar-refractivity contribution is 0.144. The Morgan fingerprint density at radius 1 is 1.53 bits per heavy atom. The summed E-state index contributed by atoms with van der Waals surface area (Å²) in [7, 11) is 0. The summed E-state index contributed by atoms with van der Waals surface area (Å²) in [5.41, 5.74) is 3.35. The summed E-state index contributed by atoms with van der Waals surface area (Å²) >= 11 is 5.04. The van der Waals surface area contributed by atoms with Crippen LogP contribution in [0, 0.1) is 0 Å². The molecule has 1 N–H and O–H groups in total. The van der Waals surface area contributed by atoms with Crippen molar-refractivity contribution in [2.75, 3.05) is 0 Å². The van der Waals surface area contributed by atoms with Crippen molar-refractivity contribution >= 4 is 27.3 Å². The molecule has 88 valence electrons. The number of rotatable bonds is 2. The topological polar surface area (TPSA) is 33.1 Å². The van der Waals surface area contributed by atoms with E-state index in [1.54, 1.807) is 11.3 Å². The first kappa shape index (κ1) is 11.4. The number of aliphatic hydroxyl groups is 1. The number of aliphatic hydroxyl groups excluding tert-OH is 1. The number of nitrogens with zero attached hydrogens (tertiary/aromatic N) is 1. The number of aryl methyl sites for hydroxylation is 1. The fourth-order valence-electron chi connectivity index (χ4n) is 2.46. The molecule has 2 aromatic heterocycles. The van der Waals surface area contributed by atoms with Gasteiger partial charge in [-0.15, -0.1) is 11.3 Å². The zero-order valence-electron chi connectivity index (χ0n) is 9.14. The van der Waals surface area contributed by atoms with Gasteiger partial charge in [0.05, 0.1) is 9.89 Å². The second-order valence-corrected chi connectivity index (χ2v) is 6.61. The summed E-state index contributed by atoms with van der Waals surface area (Å²) in [4.78, 5) is 4.43. The lowest BCUT2D eigenvalue weighted by Gasteiger charge is -2.17. The maximum Gasteiger partial charge on any atom is 0.0882 e. The van der Waals surface area contributed by atoms with Crippen LogP contribution in [0.5, 0.6) is 0 Å². The van der Waals surface area contributed by atoms with Gasteiger partial charge in [-0.25, -0.2) is 0 Å².